The maximum absolute atomic E-state index is 12.3. The molecule has 1 aromatic rings. The van der Waals surface area contributed by atoms with Gasteiger partial charge in [-0.25, -0.2) is 9.59 Å². The summed E-state index contributed by atoms with van der Waals surface area (Å²) < 4.78 is 10.4. The lowest BCUT2D eigenvalue weighted by Crippen LogP contribution is -2.47. The molecule has 0 saturated heterocycles. The number of carboxylic acids is 1. The van der Waals surface area contributed by atoms with Crippen LogP contribution in [0.25, 0.3) is 0 Å². The van der Waals surface area contributed by atoms with Gasteiger partial charge in [-0.2, -0.15) is 0 Å². The van der Waals surface area contributed by atoms with E-state index in [9.17, 15) is 24.3 Å². The third-order valence-corrected chi connectivity index (χ3v) is 4.79. The van der Waals surface area contributed by atoms with Crippen molar-refractivity contribution in [1.82, 2.24) is 16.0 Å². The van der Waals surface area contributed by atoms with Crippen LogP contribution in [-0.4, -0.2) is 59.4 Å². The van der Waals surface area contributed by atoms with E-state index in [-0.39, 0.29) is 12.4 Å². The van der Waals surface area contributed by atoms with E-state index in [4.69, 9.17) is 9.47 Å². The fourth-order valence-electron chi connectivity index (χ4n) is 3.17. The Labute approximate surface area is 224 Å². The molecule has 3 amide bonds. The largest absolute Gasteiger partial charge is 0.481 e. The predicted molar refractivity (Wildman–Crippen MR) is 144 cm³/mol. The summed E-state index contributed by atoms with van der Waals surface area (Å²) in [6.07, 6.45) is 1.52. The normalized spacial score (nSPS) is 12.1. The lowest BCUT2D eigenvalue weighted by atomic mass is 9.98. The molecule has 0 aliphatic carbocycles. The third-order valence-electron chi connectivity index (χ3n) is 4.79. The van der Waals surface area contributed by atoms with E-state index in [1.807, 2.05) is 6.07 Å². The lowest BCUT2D eigenvalue weighted by molar-refractivity contribution is -0.146. The number of hydrogen-bond acceptors (Lipinski definition) is 7. The smallest absolute Gasteiger partial charge is 0.414 e. The first-order chi connectivity index (χ1) is 17.7. The van der Waals surface area contributed by atoms with Gasteiger partial charge < -0.3 is 19.9 Å². The van der Waals surface area contributed by atoms with E-state index in [0.29, 0.717) is 25.9 Å². The highest BCUT2D eigenvalue weighted by Gasteiger charge is 2.26. The Kier molecular flexibility index (Phi) is 13.3. The molecule has 0 saturated carbocycles. The highest BCUT2D eigenvalue weighted by Crippen LogP contribution is 2.10. The van der Waals surface area contributed by atoms with Crippen LogP contribution in [0, 0.1) is 5.92 Å². The monoisotopic (exact) mass is 534 g/mol. The zero-order valence-electron chi connectivity index (χ0n) is 23.3. The maximum Gasteiger partial charge on any atom is 0.414 e. The zero-order chi connectivity index (χ0) is 28.8. The summed E-state index contributed by atoms with van der Waals surface area (Å²) in [5.41, 5.74) is -0.650. The zero-order valence-corrected chi connectivity index (χ0v) is 23.3. The topological polar surface area (TPSA) is 155 Å². The van der Waals surface area contributed by atoms with Crippen LogP contribution < -0.4 is 16.0 Å². The number of alkyl carbamates (subject to hydrolysis) is 2. The van der Waals surface area contributed by atoms with Crippen molar-refractivity contribution in [1.29, 1.82) is 0 Å². The van der Waals surface area contributed by atoms with Gasteiger partial charge in [0.25, 0.3) is 0 Å². The fourth-order valence-corrected chi connectivity index (χ4v) is 3.17. The summed E-state index contributed by atoms with van der Waals surface area (Å²) in [5, 5.41) is 17.0. The number of ether oxygens (including phenoxy) is 2. The van der Waals surface area contributed by atoms with E-state index in [1.165, 1.54) is 0 Å². The van der Waals surface area contributed by atoms with Crippen LogP contribution >= 0.6 is 0 Å². The summed E-state index contributed by atoms with van der Waals surface area (Å²) in [7, 11) is 0. The first-order valence-corrected chi connectivity index (χ1v) is 12.7. The highest BCUT2D eigenvalue weighted by atomic mass is 16.6. The summed E-state index contributed by atoms with van der Waals surface area (Å²) >= 11 is 0. The molecule has 0 aliphatic heterocycles. The van der Waals surface area contributed by atoms with Crippen LogP contribution in [0.2, 0.25) is 0 Å². The number of nitrogens with zero attached hydrogens (tertiary/aromatic N) is 1. The van der Waals surface area contributed by atoms with Gasteiger partial charge in [0.05, 0.1) is 0 Å². The maximum atomic E-state index is 12.3. The molecule has 0 bridgehead atoms. The Hall–Kier alpha value is -3.63. The van der Waals surface area contributed by atoms with Gasteiger partial charge in [-0.1, -0.05) is 43.2 Å². The molecule has 0 aromatic heterocycles. The predicted octanol–water partition coefficient (Wildman–Crippen LogP) is 4.01. The molecule has 1 rings (SSSR count). The number of benzene rings is 1. The number of carbonyl (C=O) groups is 4. The third kappa shape index (κ3) is 15.5. The van der Waals surface area contributed by atoms with Gasteiger partial charge in [-0.3, -0.25) is 25.2 Å². The first kappa shape index (κ1) is 32.4. The van der Waals surface area contributed by atoms with Crippen molar-refractivity contribution in [3.63, 3.8) is 0 Å². The second kappa shape index (κ2) is 15.6. The summed E-state index contributed by atoms with van der Waals surface area (Å²) in [6, 6.07) is 9.04. The van der Waals surface area contributed by atoms with Gasteiger partial charge in [0.15, 0.2) is 0 Å². The molecule has 0 heterocycles. The summed E-state index contributed by atoms with van der Waals surface area (Å²) in [6.45, 7) is 11.0. The Balaban J connectivity index is 2.47. The van der Waals surface area contributed by atoms with Crippen LogP contribution in [0.1, 0.15) is 72.8 Å². The molecule has 0 spiro atoms. The molecule has 0 fully saturated rings. The summed E-state index contributed by atoms with van der Waals surface area (Å²) in [4.78, 5) is 52.4. The second-order valence-corrected chi connectivity index (χ2v) is 10.8. The van der Waals surface area contributed by atoms with Gasteiger partial charge >= 0.3 is 18.2 Å². The number of carbonyl (C=O) groups excluding carboxylic acids is 3. The number of nitrogens with one attached hydrogen (secondary N) is 3. The number of aliphatic imine (C=N–C) groups is 1. The Morgan fingerprint density at radius 3 is 1.87 bits per heavy atom. The lowest BCUT2D eigenvalue weighted by Gasteiger charge is -2.22. The molecule has 1 aromatic carbocycles. The van der Waals surface area contributed by atoms with Crippen molar-refractivity contribution in [2.45, 2.75) is 84.8 Å². The van der Waals surface area contributed by atoms with Crippen LogP contribution in [0.5, 0.6) is 0 Å². The summed E-state index contributed by atoms with van der Waals surface area (Å²) in [5.74, 6) is -2.86. The number of carboxylic acid groups (broad SMARTS) is 1. The van der Waals surface area contributed by atoms with Crippen molar-refractivity contribution in [3.05, 3.63) is 35.9 Å². The van der Waals surface area contributed by atoms with Gasteiger partial charge in [-0.05, 0) is 66.4 Å². The average Bonchev–Trinajstić information content (AvgIpc) is 2.76. The van der Waals surface area contributed by atoms with E-state index in [1.54, 1.807) is 65.8 Å². The van der Waals surface area contributed by atoms with Crippen LogP contribution in [0.15, 0.2) is 35.3 Å². The second-order valence-electron chi connectivity index (χ2n) is 10.8. The van der Waals surface area contributed by atoms with Gasteiger partial charge in [0, 0.05) is 13.1 Å². The van der Waals surface area contributed by atoms with E-state index >= 15 is 0 Å². The number of guanidine groups is 1. The molecule has 1 unspecified atom stereocenters. The molecule has 212 valence electrons. The number of amides is 3. The van der Waals surface area contributed by atoms with Crippen LogP contribution in [0.4, 0.5) is 9.59 Å². The average molecular weight is 535 g/mol. The van der Waals surface area contributed by atoms with Crippen LogP contribution in [0.3, 0.4) is 0 Å². The number of rotatable bonds is 11. The SMILES string of the molecule is CC(C)(C)OC(=O)NC(=NCCCCCCNC(=O)C(Cc1ccccc1)C(=O)O)NC(=O)OC(C)(C)C. The molecule has 1 atom stereocenters. The molecular weight excluding hydrogens is 492 g/mol. The Bertz CT molecular complexity index is 918. The number of unbranched alkanes of at least 4 members (excludes halogenated alkanes) is 3. The van der Waals surface area contributed by atoms with Gasteiger partial charge in [0.2, 0.25) is 11.9 Å². The van der Waals surface area contributed by atoms with E-state index in [2.05, 4.69) is 20.9 Å². The number of aliphatic carboxylic acids is 1. The van der Waals surface area contributed by atoms with Crippen molar-refractivity contribution in [2.75, 3.05) is 13.1 Å². The molecule has 0 radical (unpaired) electrons. The van der Waals surface area contributed by atoms with E-state index in [0.717, 1.165) is 18.4 Å². The minimum Gasteiger partial charge on any atom is -0.481 e. The fraction of sp³-hybridized carbons (Fsp3) is 0.593. The molecule has 38 heavy (non-hydrogen) atoms. The standard InChI is InChI=1S/C27H42N4O7/c1-26(2,3)37-24(35)30-23(31-25(36)38-27(4,5)6)29-17-13-8-7-12-16-28-21(32)20(22(33)34)18-19-14-10-9-11-15-19/h9-11,14-15,20H,7-8,12-13,16-18H2,1-6H3,(H,28,32)(H,33,34)(H2,29,30,31,35,36). The quantitative estimate of drug-likeness (QED) is 0.145. The van der Waals surface area contributed by atoms with Gasteiger partial charge in [0.1, 0.15) is 17.1 Å². The highest BCUT2D eigenvalue weighted by molar-refractivity contribution is 6.01. The van der Waals surface area contributed by atoms with E-state index < -0.39 is 41.2 Å². The molecule has 0 aliphatic rings. The molecular formula is C27H42N4O7. The van der Waals surface area contributed by atoms with Crippen molar-refractivity contribution in [2.24, 2.45) is 10.9 Å². The number of hydrogen-bond donors (Lipinski definition) is 4. The van der Waals surface area contributed by atoms with Crippen molar-refractivity contribution in [3.8, 4) is 0 Å². The van der Waals surface area contributed by atoms with Crippen molar-refractivity contribution < 1.29 is 33.8 Å². The molecule has 11 heteroatoms. The minimum atomic E-state index is -1.15. The molecule has 11 nitrogen and oxygen atoms in total. The minimum absolute atomic E-state index is 0.0705. The van der Waals surface area contributed by atoms with Crippen LogP contribution in [-0.2, 0) is 25.5 Å². The molecule has 4 N–H and O–H groups in total. The Morgan fingerprint density at radius 2 is 1.37 bits per heavy atom. The first-order valence-electron chi connectivity index (χ1n) is 12.7. The van der Waals surface area contributed by atoms with Crippen molar-refractivity contribution >= 4 is 30.0 Å². The Morgan fingerprint density at radius 1 is 0.842 bits per heavy atom. The van der Waals surface area contributed by atoms with Gasteiger partial charge in [-0.15, -0.1) is 0 Å².